The molecule has 0 aliphatic heterocycles. The number of hydrogen-bond acceptors (Lipinski definition) is 1. The van der Waals surface area contributed by atoms with Gasteiger partial charge in [0.1, 0.15) is 0 Å². The molecular formula is C60H40N2. The molecule has 62 heavy (non-hydrogen) atoms. The predicted octanol–water partition coefficient (Wildman–Crippen LogP) is 16.7. The highest BCUT2D eigenvalue weighted by Gasteiger charge is 2.20. The second-order valence-electron chi connectivity index (χ2n) is 16.1. The van der Waals surface area contributed by atoms with Gasteiger partial charge >= 0.3 is 0 Å². The number of aromatic nitrogens is 1. The zero-order valence-corrected chi connectivity index (χ0v) is 34.0. The van der Waals surface area contributed by atoms with Crippen molar-refractivity contribution in [1.82, 2.24) is 4.57 Å². The fourth-order valence-corrected chi connectivity index (χ4v) is 9.72. The summed E-state index contributed by atoms with van der Waals surface area (Å²) in [6.45, 7) is 0. The van der Waals surface area contributed by atoms with E-state index in [1.54, 1.807) is 0 Å². The second kappa shape index (κ2) is 14.8. The summed E-state index contributed by atoms with van der Waals surface area (Å²) in [5, 5.41) is 10.0. The van der Waals surface area contributed by atoms with E-state index in [4.69, 9.17) is 0 Å². The molecule has 0 saturated heterocycles. The van der Waals surface area contributed by atoms with E-state index < -0.39 is 0 Å². The van der Waals surface area contributed by atoms with Gasteiger partial charge in [-0.25, -0.2) is 0 Å². The maximum Gasteiger partial charge on any atom is 0.0547 e. The number of para-hydroxylation sites is 1. The Balaban J connectivity index is 1.04. The summed E-state index contributed by atoms with van der Waals surface area (Å²) in [6, 6.07) is 88.4. The van der Waals surface area contributed by atoms with Crippen LogP contribution >= 0.6 is 0 Å². The van der Waals surface area contributed by atoms with Crippen LogP contribution in [0.15, 0.2) is 243 Å². The van der Waals surface area contributed by atoms with Crippen LogP contribution in [0.25, 0.3) is 93.2 Å². The fourth-order valence-electron chi connectivity index (χ4n) is 9.72. The number of nitrogens with zero attached hydrogens (tertiary/aromatic N) is 2. The van der Waals surface area contributed by atoms with E-state index in [2.05, 4.69) is 252 Å². The molecule has 0 amide bonds. The molecule has 0 spiro atoms. The normalized spacial score (nSPS) is 11.5. The molecule has 1 heterocycles. The summed E-state index contributed by atoms with van der Waals surface area (Å²) in [6.07, 6.45) is 0. The first-order valence-electron chi connectivity index (χ1n) is 21.3. The van der Waals surface area contributed by atoms with Crippen molar-refractivity contribution in [2.24, 2.45) is 0 Å². The number of benzene rings is 11. The van der Waals surface area contributed by atoms with Crippen molar-refractivity contribution in [3.8, 4) is 39.1 Å². The molecule has 0 bridgehead atoms. The predicted molar refractivity (Wildman–Crippen MR) is 264 cm³/mol. The molecule has 0 fully saturated rings. The van der Waals surface area contributed by atoms with Gasteiger partial charge in [-0.15, -0.1) is 0 Å². The number of hydrogen-bond donors (Lipinski definition) is 0. The topological polar surface area (TPSA) is 8.17 Å². The summed E-state index contributed by atoms with van der Waals surface area (Å²) in [5.74, 6) is 0. The van der Waals surface area contributed by atoms with Crippen molar-refractivity contribution >= 4 is 71.2 Å². The van der Waals surface area contributed by atoms with Crippen molar-refractivity contribution in [3.05, 3.63) is 243 Å². The Hall–Kier alpha value is -8.20. The third kappa shape index (κ3) is 5.96. The van der Waals surface area contributed by atoms with Crippen molar-refractivity contribution in [2.75, 3.05) is 4.90 Å². The molecule has 0 atom stereocenters. The van der Waals surface area contributed by atoms with Gasteiger partial charge in [0, 0.05) is 33.5 Å². The molecule has 2 heteroatoms. The molecule has 1 aromatic heterocycles. The third-order valence-electron chi connectivity index (χ3n) is 12.6. The average molecular weight is 789 g/mol. The minimum atomic E-state index is 1.08. The van der Waals surface area contributed by atoms with E-state index in [0.29, 0.717) is 0 Å². The maximum atomic E-state index is 2.45. The van der Waals surface area contributed by atoms with Crippen LogP contribution in [-0.2, 0) is 0 Å². The van der Waals surface area contributed by atoms with Crippen LogP contribution in [0, 0.1) is 0 Å². The summed E-state index contributed by atoms with van der Waals surface area (Å²) >= 11 is 0. The van der Waals surface area contributed by atoms with Crippen molar-refractivity contribution < 1.29 is 0 Å². The van der Waals surface area contributed by atoms with Gasteiger partial charge < -0.3 is 9.47 Å². The van der Waals surface area contributed by atoms with Gasteiger partial charge in [0.05, 0.1) is 11.0 Å². The van der Waals surface area contributed by atoms with Crippen LogP contribution in [0.2, 0.25) is 0 Å². The van der Waals surface area contributed by atoms with E-state index in [-0.39, 0.29) is 0 Å². The minimum absolute atomic E-state index is 1.08. The van der Waals surface area contributed by atoms with Gasteiger partial charge in [-0.05, 0) is 120 Å². The molecule has 12 aromatic rings. The molecular weight excluding hydrogens is 749 g/mol. The van der Waals surface area contributed by atoms with E-state index >= 15 is 0 Å². The van der Waals surface area contributed by atoms with Crippen LogP contribution < -0.4 is 4.90 Å². The van der Waals surface area contributed by atoms with Gasteiger partial charge in [0.25, 0.3) is 0 Å². The number of anilines is 3. The van der Waals surface area contributed by atoms with E-state index in [1.165, 1.54) is 87.5 Å². The van der Waals surface area contributed by atoms with Gasteiger partial charge in [-0.1, -0.05) is 188 Å². The van der Waals surface area contributed by atoms with Crippen molar-refractivity contribution in [2.45, 2.75) is 0 Å². The molecule has 0 aliphatic rings. The minimum Gasteiger partial charge on any atom is -0.310 e. The summed E-state index contributed by atoms with van der Waals surface area (Å²) in [4.78, 5) is 2.38. The smallest absolute Gasteiger partial charge is 0.0547 e. The first-order valence-corrected chi connectivity index (χ1v) is 21.3. The van der Waals surface area contributed by atoms with E-state index in [0.717, 1.165) is 22.7 Å². The molecule has 2 nitrogen and oxygen atoms in total. The van der Waals surface area contributed by atoms with Gasteiger partial charge in [0.15, 0.2) is 0 Å². The Bertz CT molecular complexity index is 3610. The van der Waals surface area contributed by atoms with Gasteiger partial charge in [0.2, 0.25) is 0 Å². The van der Waals surface area contributed by atoms with Crippen LogP contribution in [0.5, 0.6) is 0 Å². The number of rotatable bonds is 7. The first-order chi connectivity index (χ1) is 30.8. The van der Waals surface area contributed by atoms with Gasteiger partial charge in [-0.2, -0.15) is 0 Å². The Morgan fingerprint density at radius 1 is 0.274 bits per heavy atom. The summed E-state index contributed by atoms with van der Waals surface area (Å²) in [5.41, 5.74) is 14.0. The largest absolute Gasteiger partial charge is 0.310 e. The highest BCUT2D eigenvalue weighted by atomic mass is 15.1. The molecule has 11 aromatic carbocycles. The van der Waals surface area contributed by atoms with Crippen LogP contribution in [0.1, 0.15) is 0 Å². The third-order valence-corrected chi connectivity index (χ3v) is 12.6. The monoisotopic (exact) mass is 788 g/mol. The Kier molecular flexibility index (Phi) is 8.53. The molecule has 0 saturated carbocycles. The summed E-state index contributed by atoms with van der Waals surface area (Å²) in [7, 11) is 0. The van der Waals surface area contributed by atoms with E-state index in [9.17, 15) is 0 Å². The molecule has 0 radical (unpaired) electrons. The lowest BCUT2D eigenvalue weighted by Crippen LogP contribution is -2.10. The quantitative estimate of drug-likeness (QED) is 0.156. The van der Waals surface area contributed by atoms with Crippen LogP contribution in [0.3, 0.4) is 0 Å². The fraction of sp³-hybridized carbons (Fsp3) is 0. The Morgan fingerprint density at radius 2 is 0.806 bits per heavy atom. The zero-order valence-electron chi connectivity index (χ0n) is 34.0. The molecule has 12 rings (SSSR count). The van der Waals surface area contributed by atoms with Crippen molar-refractivity contribution in [1.29, 1.82) is 0 Å². The first kappa shape index (κ1) is 35.7. The second-order valence-corrected chi connectivity index (χ2v) is 16.1. The SMILES string of the molecule is c1ccc(-c2ccc(N(c3ccc(-c4cccc5ccccc45)cc3)c3cccc(-n4c5ccccc5c5c6c(-c7cccc8ccccc78)cccc6ccc54)c3)cc2)cc1. The Morgan fingerprint density at radius 3 is 1.53 bits per heavy atom. The van der Waals surface area contributed by atoms with Crippen LogP contribution in [-0.4, -0.2) is 4.57 Å². The van der Waals surface area contributed by atoms with Crippen molar-refractivity contribution in [3.63, 3.8) is 0 Å². The molecule has 0 N–H and O–H groups in total. The molecule has 0 aliphatic carbocycles. The Labute approximate surface area is 360 Å². The number of fused-ring (bicyclic) bond motifs is 7. The lowest BCUT2D eigenvalue weighted by atomic mass is 9.92. The summed E-state index contributed by atoms with van der Waals surface area (Å²) < 4.78 is 2.45. The zero-order chi connectivity index (χ0) is 41.0. The lowest BCUT2D eigenvalue weighted by molar-refractivity contribution is 1.17. The highest BCUT2D eigenvalue weighted by Crippen LogP contribution is 2.44. The van der Waals surface area contributed by atoms with Crippen LogP contribution in [0.4, 0.5) is 17.1 Å². The highest BCUT2D eigenvalue weighted by molar-refractivity contribution is 6.25. The lowest BCUT2D eigenvalue weighted by Gasteiger charge is -2.27. The average Bonchev–Trinajstić information content (AvgIpc) is 3.69. The molecule has 290 valence electrons. The molecule has 0 unspecified atom stereocenters. The van der Waals surface area contributed by atoms with Gasteiger partial charge in [-0.3, -0.25) is 0 Å². The van der Waals surface area contributed by atoms with E-state index in [1.807, 2.05) is 0 Å². The maximum absolute atomic E-state index is 2.45. The standard InChI is InChI=1S/C60H40N2/c1-2-14-41(15-3-1)42-30-35-47(36-31-42)61(48-37-32-45(33-38-48)52-26-10-18-43-16-4-6-23-51(43)52)49-21-13-22-50(40-49)62-57-29-9-8-25-56(57)60-58(62)39-34-46-20-12-28-55(59(46)60)54-27-11-19-44-17-5-7-24-53(44)54/h1-40H.